The van der Waals surface area contributed by atoms with E-state index < -0.39 is 0 Å². The third kappa shape index (κ3) is 1.90. The first kappa shape index (κ1) is 12.5. The fourth-order valence-electron chi connectivity index (χ4n) is 2.45. The van der Waals surface area contributed by atoms with Gasteiger partial charge in [0.2, 0.25) is 5.88 Å². The molecule has 0 bridgehead atoms. The molecule has 0 unspecified atom stereocenters. The van der Waals surface area contributed by atoms with Gasteiger partial charge in [0.25, 0.3) is 0 Å². The highest BCUT2D eigenvalue weighted by Gasteiger charge is 2.15. The molecule has 0 amide bonds. The molecule has 0 saturated carbocycles. The number of ether oxygens (including phenoxy) is 1. The third-order valence-electron chi connectivity index (χ3n) is 3.44. The highest BCUT2D eigenvalue weighted by Crippen LogP contribution is 2.35. The Morgan fingerprint density at radius 3 is 2.65 bits per heavy atom. The molecule has 1 aromatic carbocycles. The Bertz CT molecular complexity index is 784. The molecule has 4 heteroatoms. The van der Waals surface area contributed by atoms with E-state index in [1.54, 1.807) is 7.11 Å². The van der Waals surface area contributed by atoms with Crippen molar-refractivity contribution in [2.45, 2.75) is 13.8 Å². The van der Waals surface area contributed by atoms with Crippen molar-refractivity contribution in [2.75, 3.05) is 7.11 Å². The number of benzene rings is 1. The van der Waals surface area contributed by atoms with Gasteiger partial charge in [-0.2, -0.15) is 0 Å². The number of nitrogens with zero attached hydrogens (tertiary/aromatic N) is 3. The van der Waals surface area contributed by atoms with Crippen LogP contribution in [0, 0.1) is 13.8 Å². The van der Waals surface area contributed by atoms with Gasteiger partial charge in [0.05, 0.1) is 23.9 Å². The minimum atomic E-state index is 0.589. The SMILES string of the molecule is COc1ncnc(C)c1-c1ccc(C)c2ncccc12. The summed E-state index contributed by atoms with van der Waals surface area (Å²) in [6, 6.07) is 8.15. The average molecular weight is 265 g/mol. The molecule has 3 rings (SSSR count). The zero-order valence-corrected chi connectivity index (χ0v) is 11.7. The molecule has 0 aliphatic rings. The van der Waals surface area contributed by atoms with Crippen molar-refractivity contribution in [3.8, 4) is 17.0 Å². The van der Waals surface area contributed by atoms with E-state index in [1.807, 2.05) is 19.2 Å². The molecule has 0 N–H and O–H groups in total. The van der Waals surface area contributed by atoms with Crippen molar-refractivity contribution in [3.63, 3.8) is 0 Å². The molecule has 3 aromatic rings. The zero-order chi connectivity index (χ0) is 14.1. The molecule has 2 aromatic heterocycles. The smallest absolute Gasteiger partial charge is 0.224 e. The number of fused-ring (bicyclic) bond motifs is 1. The van der Waals surface area contributed by atoms with E-state index in [2.05, 4.69) is 40.1 Å². The molecule has 0 spiro atoms. The standard InChI is InChI=1S/C16H15N3O/c1-10-6-7-12(13-5-4-8-17-15(10)13)14-11(2)18-9-19-16(14)20-3/h4-9H,1-3H3. The lowest BCUT2D eigenvalue weighted by molar-refractivity contribution is 0.398. The molecule has 0 saturated heterocycles. The number of hydrogen-bond acceptors (Lipinski definition) is 4. The van der Waals surface area contributed by atoms with Crippen molar-refractivity contribution in [1.29, 1.82) is 0 Å². The van der Waals surface area contributed by atoms with Crippen LogP contribution in [-0.4, -0.2) is 22.1 Å². The molecular weight excluding hydrogens is 250 g/mol. The van der Waals surface area contributed by atoms with Crippen LogP contribution in [0.15, 0.2) is 36.8 Å². The second-order valence-corrected chi connectivity index (χ2v) is 4.67. The largest absolute Gasteiger partial charge is 0.480 e. The maximum Gasteiger partial charge on any atom is 0.224 e. The normalized spacial score (nSPS) is 10.8. The maximum absolute atomic E-state index is 5.39. The summed E-state index contributed by atoms with van der Waals surface area (Å²) in [5.74, 6) is 0.589. The number of aromatic nitrogens is 3. The van der Waals surface area contributed by atoms with E-state index in [-0.39, 0.29) is 0 Å². The molecule has 4 nitrogen and oxygen atoms in total. The summed E-state index contributed by atoms with van der Waals surface area (Å²) in [6.45, 7) is 4.02. The molecule has 0 aliphatic carbocycles. The number of aryl methyl sites for hydroxylation is 2. The van der Waals surface area contributed by atoms with Gasteiger partial charge in [-0.3, -0.25) is 4.98 Å². The predicted octanol–water partition coefficient (Wildman–Crippen LogP) is 3.32. The Kier molecular flexibility index (Phi) is 3.06. The first-order valence-electron chi connectivity index (χ1n) is 6.42. The molecule has 0 fully saturated rings. The summed E-state index contributed by atoms with van der Waals surface area (Å²) in [5, 5.41) is 1.09. The van der Waals surface area contributed by atoms with Gasteiger partial charge < -0.3 is 4.74 Å². The average Bonchev–Trinajstić information content (AvgIpc) is 2.48. The van der Waals surface area contributed by atoms with E-state index in [0.29, 0.717) is 5.88 Å². The number of rotatable bonds is 2. The summed E-state index contributed by atoms with van der Waals surface area (Å²) in [7, 11) is 1.62. The first-order valence-corrected chi connectivity index (χ1v) is 6.42. The molecule has 100 valence electrons. The van der Waals surface area contributed by atoms with Crippen molar-refractivity contribution in [1.82, 2.24) is 15.0 Å². The van der Waals surface area contributed by atoms with E-state index in [0.717, 1.165) is 33.3 Å². The summed E-state index contributed by atoms with van der Waals surface area (Å²) >= 11 is 0. The van der Waals surface area contributed by atoms with Crippen LogP contribution in [0.1, 0.15) is 11.3 Å². The molecule has 0 atom stereocenters. The van der Waals surface area contributed by atoms with Crippen LogP contribution < -0.4 is 4.74 Å². The zero-order valence-electron chi connectivity index (χ0n) is 11.7. The second-order valence-electron chi connectivity index (χ2n) is 4.67. The topological polar surface area (TPSA) is 47.9 Å². The van der Waals surface area contributed by atoms with Crippen LogP contribution in [0.2, 0.25) is 0 Å². The number of methoxy groups -OCH3 is 1. The highest BCUT2D eigenvalue weighted by molar-refractivity contribution is 5.97. The van der Waals surface area contributed by atoms with Crippen LogP contribution in [0.25, 0.3) is 22.0 Å². The van der Waals surface area contributed by atoms with Gasteiger partial charge in [-0.05, 0) is 31.0 Å². The van der Waals surface area contributed by atoms with Crippen molar-refractivity contribution < 1.29 is 4.74 Å². The Hall–Kier alpha value is -2.49. The van der Waals surface area contributed by atoms with Gasteiger partial charge in [-0.15, -0.1) is 0 Å². The third-order valence-corrected chi connectivity index (χ3v) is 3.44. The fourth-order valence-corrected chi connectivity index (χ4v) is 2.45. The van der Waals surface area contributed by atoms with Gasteiger partial charge >= 0.3 is 0 Å². The monoisotopic (exact) mass is 265 g/mol. The molecule has 2 heterocycles. The quantitative estimate of drug-likeness (QED) is 0.713. The lowest BCUT2D eigenvalue weighted by Gasteiger charge is -2.12. The van der Waals surface area contributed by atoms with Gasteiger partial charge in [0.15, 0.2) is 0 Å². The summed E-state index contributed by atoms with van der Waals surface area (Å²) in [4.78, 5) is 13.0. The lowest BCUT2D eigenvalue weighted by atomic mass is 9.98. The lowest BCUT2D eigenvalue weighted by Crippen LogP contribution is -1.97. The highest BCUT2D eigenvalue weighted by atomic mass is 16.5. The molecule has 0 radical (unpaired) electrons. The predicted molar refractivity (Wildman–Crippen MR) is 78.8 cm³/mol. The summed E-state index contributed by atoms with van der Waals surface area (Å²) in [6.07, 6.45) is 3.33. The van der Waals surface area contributed by atoms with Gasteiger partial charge in [0, 0.05) is 11.6 Å². The first-order chi connectivity index (χ1) is 9.72. The van der Waals surface area contributed by atoms with Crippen molar-refractivity contribution >= 4 is 10.9 Å². The minimum absolute atomic E-state index is 0.589. The fraction of sp³-hybridized carbons (Fsp3) is 0.188. The number of pyridine rings is 1. The summed E-state index contributed by atoms with van der Waals surface area (Å²) < 4.78 is 5.39. The second kappa shape index (κ2) is 4.89. The number of hydrogen-bond donors (Lipinski definition) is 0. The maximum atomic E-state index is 5.39. The van der Waals surface area contributed by atoms with Crippen molar-refractivity contribution in [2.24, 2.45) is 0 Å². The molecule has 20 heavy (non-hydrogen) atoms. The Morgan fingerprint density at radius 1 is 1.00 bits per heavy atom. The van der Waals surface area contributed by atoms with Crippen LogP contribution in [-0.2, 0) is 0 Å². The van der Waals surface area contributed by atoms with Crippen LogP contribution in [0.5, 0.6) is 5.88 Å². The van der Waals surface area contributed by atoms with E-state index in [1.165, 1.54) is 6.33 Å². The van der Waals surface area contributed by atoms with Crippen LogP contribution in [0.3, 0.4) is 0 Å². The Balaban J connectivity index is 2.39. The van der Waals surface area contributed by atoms with E-state index >= 15 is 0 Å². The summed E-state index contributed by atoms with van der Waals surface area (Å²) in [5.41, 5.74) is 5.01. The molecule has 0 aliphatic heterocycles. The van der Waals surface area contributed by atoms with Gasteiger partial charge in [-0.1, -0.05) is 18.2 Å². The van der Waals surface area contributed by atoms with Gasteiger partial charge in [-0.25, -0.2) is 9.97 Å². The Morgan fingerprint density at radius 2 is 1.85 bits per heavy atom. The minimum Gasteiger partial charge on any atom is -0.480 e. The van der Waals surface area contributed by atoms with Crippen molar-refractivity contribution in [3.05, 3.63) is 48.0 Å². The van der Waals surface area contributed by atoms with E-state index in [4.69, 9.17) is 4.74 Å². The van der Waals surface area contributed by atoms with Crippen LogP contribution >= 0.6 is 0 Å². The molecular formula is C16H15N3O. The van der Waals surface area contributed by atoms with Crippen LogP contribution in [0.4, 0.5) is 0 Å². The van der Waals surface area contributed by atoms with Gasteiger partial charge in [0.1, 0.15) is 6.33 Å². The van der Waals surface area contributed by atoms with E-state index in [9.17, 15) is 0 Å². The Labute approximate surface area is 117 Å².